The van der Waals surface area contributed by atoms with E-state index in [0.29, 0.717) is 0 Å². The van der Waals surface area contributed by atoms with Crippen molar-refractivity contribution in [2.45, 2.75) is 19.4 Å². The topological polar surface area (TPSA) is 48.1 Å². The maximum Gasteiger partial charge on any atom is 0.153 e. The highest BCUT2D eigenvalue weighted by Crippen LogP contribution is 2.28. The predicted molar refractivity (Wildman–Crippen MR) is 85.6 cm³/mol. The number of benzene rings is 2. The first-order valence-corrected chi connectivity index (χ1v) is 7.09. The van der Waals surface area contributed by atoms with Crippen LogP contribution in [-0.4, -0.2) is 11.0 Å². The second-order valence-corrected chi connectivity index (χ2v) is 5.23. The van der Waals surface area contributed by atoms with Gasteiger partial charge in [0, 0.05) is 23.5 Å². The van der Waals surface area contributed by atoms with Gasteiger partial charge in [-0.15, -0.1) is 0 Å². The molecule has 0 aliphatic carbocycles. The second-order valence-electron chi connectivity index (χ2n) is 5.23. The molecule has 0 fully saturated rings. The molecule has 3 heteroatoms. The average Bonchev–Trinajstić information content (AvgIpc) is 2.48. The number of aromatic nitrogens is 1. The molecule has 0 saturated carbocycles. The summed E-state index contributed by atoms with van der Waals surface area (Å²) in [5.74, 6) is 1.58. The zero-order chi connectivity index (χ0) is 14.7. The Morgan fingerprint density at radius 3 is 2.57 bits per heavy atom. The van der Waals surface area contributed by atoms with Gasteiger partial charge in [-0.05, 0) is 31.2 Å². The van der Waals surface area contributed by atoms with Crippen LogP contribution in [0.5, 0.6) is 11.5 Å². The van der Waals surface area contributed by atoms with Crippen molar-refractivity contribution in [3.63, 3.8) is 0 Å². The quantitative estimate of drug-likeness (QED) is 0.787. The molecule has 1 atom stereocenters. The monoisotopic (exact) mass is 278 g/mol. The number of nitrogens with two attached hydrogens (primary N) is 1. The summed E-state index contributed by atoms with van der Waals surface area (Å²) in [5.41, 5.74) is 7.72. The molecule has 1 aromatic heterocycles. The highest BCUT2D eigenvalue weighted by molar-refractivity contribution is 5.84. The molecular formula is C18H18N2O. The van der Waals surface area contributed by atoms with Crippen molar-refractivity contribution in [2.24, 2.45) is 5.73 Å². The summed E-state index contributed by atoms with van der Waals surface area (Å²) in [6.07, 6.45) is 0.760. The number of ether oxygens (including phenoxy) is 1. The molecule has 0 aliphatic rings. The number of hydrogen-bond donors (Lipinski definition) is 1. The van der Waals surface area contributed by atoms with E-state index in [0.717, 1.165) is 34.5 Å². The van der Waals surface area contributed by atoms with Crippen molar-refractivity contribution in [1.82, 2.24) is 4.98 Å². The first-order chi connectivity index (χ1) is 10.2. The predicted octanol–water partition coefficient (Wildman–Crippen LogP) is 3.92. The molecule has 21 heavy (non-hydrogen) atoms. The van der Waals surface area contributed by atoms with Crippen molar-refractivity contribution in [2.75, 3.05) is 0 Å². The largest absolute Gasteiger partial charge is 0.455 e. The molecule has 0 radical (unpaired) electrons. The Balaban J connectivity index is 2.01. The van der Waals surface area contributed by atoms with Crippen molar-refractivity contribution >= 4 is 10.9 Å². The van der Waals surface area contributed by atoms with Crippen molar-refractivity contribution in [3.05, 3.63) is 66.4 Å². The van der Waals surface area contributed by atoms with E-state index in [4.69, 9.17) is 15.5 Å². The smallest absolute Gasteiger partial charge is 0.153 e. The Bertz CT molecular complexity index is 739. The van der Waals surface area contributed by atoms with E-state index in [1.165, 1.54) is 0 Å². The minimum atomic E-state index is 0.0946. The number of nitrogens with zero attached hydrogens (tertiary/aromatic N) is 1. The van der Waals surface area contributed by atoms with Gasteiger partial charge in [-0.3, -0.25) is 0 Å². The Kier molecular flexibility index (Phi) is 3.84. The summed E-state index contributed by atoms with van der Waals surface area (Å²) in [6.45, 7) is 1.98. The number of rotatable bonds is 4. The number of hydrogen-bond acceptors (Lipinski definition) is 3. The van der Waals surface area contributed by atoms with Gasteiger partial charge in [0.05, 0.1) is 0 Å². The van der Waals surface area contributed by atoms with Gasteiger partial charge >= 0.3 is 0 Å². The van der Waals surface area contributed by atoms with E-state index in [1.54, 1.807) is 0 Å². The summed E-state index contributed by atoms with van der Waals surface area (Å²) >= 11 is 0. The fourth-order valence-electron chi connectivity index (χ4n) is 2.30. The average molecular weight is 278 g/mol. The van der Waals surface area contributed by atoms with Crippen LogP contribution < -0.4 is 10.5 Å². The molecule has 0 spiro atoms. The Morgan fingerprint density at radius 2 is 1.81 bits per heavy atom. The third-order valence-electron chi connectivity index (χ3n) is 3.24. The van der Waals surface area contributed by atoms with Crippen LogP contribution in [0, 0.1) is 0 Å². The summed E-state index contributed by atoms with van der Waals surface area (Å²) in [6, 6.07) is 19.9. The van der Waals surface area contributed by atoms with Crippen molar-refractivity contribution in [1.29, 1.82) is 0 Å². The van der Waals surface area contributed by atoms with Gasteiger partial charge in [0.2, 0.25) is 0 Å². The summed E-state index contributed by atoms with van der Waals surface area (Å²) in [4.78, 5) is 4.71. The van der Waals surface area contributed by atoms with Crippen molar-refractivity contribution in [3.8, 4) is 11.5 Å². The molecular weight excluding hydrogens is 260 g/mol. The first-order valence-electron chi connectivity index (χ1n) is 7.09. The van der Waals surface area contributed by atoms with Gasteiger partial charge < -0.3 is 10.5 Å². The summed E-state index contributed by atoms with van der Waals surface area (Å²) < 4.78 is 5.96. The molecule has 0 amide bonds. The molecule has 2 N–H and O–H groups in total. The zero-order valence-corrected chi connectivity index (χ0v) is 12.0. The molecule has 1 unspecified atom stereocenters. The Hall–Kier alpha value is -2.39. The summed E-state index contributed by atoms with van der Waals surface area (Å²) in [7, 11) is 0. The maximum atomic E-state index is 5.96. The van der Waals surface area contributed by atoms with Gasteiger partial charge in [0.25, 0.3) is 0 Å². The molecule has 1 heterocycles. The van der Waals surface area contributed by atoms with E-state index in [9.17, 15) is 0 Å². The molecule has 106 valence electrons. The first kappa shape index (κ1) is 13.6. The minimum Gasteiger partial charge on any atom is -0.455 e. The highest BCUT2D eigenvalue weighted by Gasteiger charge is 2.07. The molecule has 3 aromatic rings. The Morgan fingerprint density at radius 1 is 1.00 bits per heavy atom. The van der Waals surface area contributed by atoms with Gasteiger partial charge in [0.1, 0.15) is 11.3 Å². The van der Waals surface area contributed by atoms with E-state index in [1.807, 2.05) is 61.5 Å². The van der Waals surface area contributed by atoms with E-state index >= 15 is 0 Å². The van der Waals surface area contributed by atoms with Crippen LogP contribution in [0.1, 0.15) is 12.6 Å². The lowest BCUT2D eigenvalue weighted by atomic mass is 10.1. The number of para-hydroxylation sites is 2. The second kappa shape index (κ2) is 5.94. The van der Waals surface area contributed by atoms with Crippen LogP contribution in [0.15, 0.2) is 60.7 Å². The SMILES string of the molecule is CC(N)Cc1ccc2cccc(Oc3ccccc3)c2n1. The van der Waals surface area contributed by atoms with Gasteiger partial charge in [-0.25, -0.2) is 4.98 Å². The van der Waals surface area contributed by atoms with Gasteiger partial charge in [-0.2, -0.15) is 0 Å². The van der Waals surface area contributed by atoms with Crippen LogP contribution in [-0.2, 0) is 6.42 Å². The lowest BCUT2D eigenvalue weighted by Gasteiger charge is -2.10. The number of pyridine rings is 1. The van der Waals surface area contributed by atoms with Crippen molar-refractivity contribution < 1.29 is 4.74 Å². The third kappa shape index (κ3) is 3.20. The van der Waals surface area contributed by atoms with Crippen LogP contribution in [0.4, 0.5) is 0 Å². The minimum absolute atomic E-state index is 0.0946. The molecule has 3 rings (SSSR count). The van der Waals surface area contributed by atoms with Crippen LogP contribution in [0.2, 0.25) is 0 Å². The normalized spacial score (nSPS) is 12.3. The maximum absolute atomic E-state index is 5.96. The fraction of sp³-hybridized carbons (Fsp3) is 0.167. The Labute approximate surface area is 124 Å². The molecule has 3 nitrogen and oxygen atoms in total. The lowest BCUT2D eigenvalue weighted by molar-refractivity contribution is 0.487. The third-order valence-corrected chi connectivity index (χ3v) is 3.24. The molecule has 0 aliphatic heterocycles. The van der Waals surface area contributed by atoms with Crippen LogP contribution >= 0.6 is 0 Å². The van der Waals surface area contributed by atoms with E-state index in [-0.39, 0.29) is 6.04 Å². The van der Waals surface area contributed by atoms with Crippen LogP contribution in [0.25, 0.3) is 10.9 Å². The van der Waals surface area contributed by atoms with Crippen LogP contribution in [0.3, 0.4) is 0 Å². The standard InChI is InChI=1S/C18H18N2O/c1-13(19)12-15-11-10-14-6-5-9-17(18(14)20-15)21-16-7-3-2-4-8-16/h2-11,13H,12,19H2,1H3. The van der Waals surface area contributed by atoms with Gasteiger partial charge in [0.15, 0.2) is 5.75 Å². The van der Waals surface area contributed by atoms with Gasteiger partial charge in [-0.1, -0.05) is 36.4 Å². The summed E-state index contributed by atoms with van der Waals surface area (Å²) in [5, 5.41) is 1.07. The highest BCUT2D eigenvalue weighted by atomic mass is 16.5. The lowest BCUT2D eigenvalue weighted by Crippen LogP contribution is -2.18. The molecule has 0 bridgehead atoms. The number of fused-ring (bicyclic) bond motifs is 1. The van der Waals surface area contributed by atoms with E-state index in [2.05, 4.69) is 6.07 Å². The molecule has 0 saturated heterocycles. The molecule has 2 aromatic carbocycles. The zero-order valence-electron chi connectivity index (χ0n) is 12.0. The fourth-order valence-corrected chi connectivity index (χ4v) is 2.30. The van der Waals surface area contributed by atoms with E-state index < -0.39 is 0 Å².